The van der Waals surface area contributed by atoms with Gasteiger partial charge in [-0.15, -0.1) is 0 Å². The summed E-state index contributed by atoms with van der Waals surface area (Å²) in [6.45, 7) is 2.88. The lowest BCUT2D eigenvalue weighted by Gasteiger charge is -2.09. The van der Waals surface area contributed by atoms with Crippen LogP contribution in [0.4, 0.5) is 10.2 Å². The number of rotatable bonds is 6. The second-order valence-corrected chi connectivity index (χ2v) is 6.96. The van der Waals surface area contributed by atoms with Crippen molar-refractivity contribution in [2.75, 3.05) is 11.9 Å². The van der Waals surface area contributed by atoms with E-state index in [9.17, 15) is 4.39 Å². The second kappa shape index (κ2) is 8.97. The molecule has 4 nitrogen and oxygen atoms in total. The molecule has 0 atom stereocenters. The van der Waals surface area contributed by atoms with Crippen molar-refractivity contribution in [1.82, 2.24) is 15.1 Å². The molecule has 2 N–H and O–H groups in total. The molecule has 0 aliphatic carbocycles. The first kappa shape index (κ1) is 19.3. The molecule has 140 valence electrons. The number of thiocarbonyl (C=S) groups is 1. The van der Waals surface area contributed by atoms with Gasteiger partial charge in [0.1, 0.15) is 5.82 Å². The number of aromatic nitrogens is 2. The number of halogens is 2. The first-order chi connectivity index (χ1) is 13.0. The molecule has 1 aromatic heterocycles. The van der Waals surface area contributed by atoms with E-state index in [0.29, 0.717) is 21.5 Å². The van der Waals surface area contributed by atoms with E-state index in [1.807, 2.05) is 31.2 Å². The zero-order valence-corrected chi connectivity index (χ0v) is 16.4. The van der Waals surface area contributed by atoms with E-state index < -0.39 is 0 Å². The van der Waals surface area contributed by atoms with Crippen molar-refractivity contribution in [1.29, 1.82) is 0 Å². The van der Waals surface area contributed by atoms with Crippen LogP contribution in [0.3, 0.4) is 0 Å². The molecular formula is C20H20ClFN4S. The summed E-state index contributed by atoms with van der Waals surface area (Å²) in [5.41, 5.74) is 2.54. The molecule has 0 aliphatic rings. The van der Waals surface area contributed by atoms with Crippen LogP contribution in [0.25, 0.3) is 0 Å². The van der Waals surface area contributed by atoms with Gasteiger partial charge < -0.3 is 10.6 Å². The van der Waals surface area contributed by atoms with E-state index in [0.717, 1.165) is 18.7 Å². The Morgan fingerprint density at radius 2 is 1.96 bits per heavy atom. The van der Waals surface area contributed by atoms with Gasteiger partial charge in [0, 0.05) is 28.9 Å². The molecule has 1 heterocycles. The highest BCUT2D eigenvalue weighted by Gasteiger charge is 2.11. The molecule has 2 aromatic carbocycles. The summed E-state index contributed by atoms with van der Waals surface area (Å²) in [5, 5.41) is 11.6. The smallest absolute Gasteiger partial charge is 0.172 e. The van der Waals surface area contributed by atoms with Crippen LogP contribution in [-0.4, -0.2) is 21.4 Å². The molecule has 0 saturated heterocycles. The molecule has 0 aliphatic heterocycles. The Hall–Kier alpha value is -2.44. The number of nitrogens with one attached hydrogen (secondary N) is 2. The summed E-state index contributed by atoms with van der Waals surface area (Å²) < 4.78 is 15.7. The third kappa shape index (κ3) is 5.28. The van der Waals surface area contributed by atoms with Crippen LogP contribution in [0.1, 0.15) is 16.8 Å². The molecule has 27 heavy (non-hydrogen) atoms. The van der Waals surface area contributed by atoms with Gasteiger partial charge in [0.15, 0.2) is 10.9 Å². The minimum Gasteiger partial charge on any atom is -0.362 e. The van der Waals surface area contributed by atoms with E-state index in [2.05, 4.69) is 27.9 Å². The van der Waals surface area contributed by atoms with Crippen LogP contribution in [0.15, 0.2) is 54.6 Å². The Kier molecular flexibility index (Phi) is 6.42. The van der Waals surface area contributed by atoms with Crippen LogP contribution in [0.2, 0.25) is 5.02 Å². The van der Waals surface area contributed by atoms with Gasteiger partial charge >= 0.3 is 0 Å². The summed E-state index contributed by atoms with van der Waals surface area (Å²) in [6.07, 6.45) is 0.877. The molecule has 0 spiro atoms. The lowest BCUT2D eigenvalue weighted by Crippen LogP contribution is -2.30. The van der Waals surface area contributed by atoms with Gasteiger partial charge in [0.05, 0.1) is 6.54 Å². The number of benzene rings is 2. The molecule has 0 amide bonds. The van der Waals surface area contributed by atoms with Gasteiger partial charge in [-0.25, -0.2) is 4.39 Å². The minimum absolute atomic E-state index is 0.257. The maximum Gasteiger partial charge on any atom is 0.172 e. The molecular weight excluding hydrogens is 383 g/mol. The van der Waals surface area contributed by atoms with Crippen molar-refractivity contribution in [2.45, 2.75) is 19.9 Å². The van der Waals surface area contributed by atoms with E-state index >= 15 is 0 Å². The van der Waals surface area contributed by atoms with E-state index in [1.165, 1.54) is 11.6 Å². The summed E-state index contributed by atoms with van der Waals surface area (Å²) >= 11 is 11.4. The molecule has 0 radical (unpaired) electrons. The van der Waals surface area contributed by atoms with E-state index in [-0.39, 0.29) is 12.4 Å². The predicted octanol–water partition coefficient (Wildman–Crippen LogP) is 4.56. The summed E-state index contributed by atoms with van der Waals surface area (Å²) in [5.74, 6) is 0.266. The Morgan fingerprint density at radius 1 is 1.19 bits per heavy atom. The van der Waals surface area contributed by atoms with Gasteiger partial charge in [-0.05, 0) is 43.3 Å². The summed E-state index contributed by atoms with van der Waals surface area (Å²) in [7, 11) is 0. The Bertz CT molecular complexity index is 907. The van der Waals surface area contributed by atoms with Gasteiger partial charge in [-0.2, -0.15) is 5.10 Å². The fourth-order valence-electron chi connectivity index (χ4n) is 2.69. The first-order valence-corrected chi connectivity index (χ1v) is 9.37. The lowest BCUT2D eigenvalue weighted by atomic mass is 10.1. The van der Waals surface area contributed by atoms with Crippen LogP contribution in [0.5, 0.6) is 0 Å². The number of aryl methyl sites for hydroxylation is 1. The molecule has 0 saturated carbocycles. The number of nitrogens with zero attached hydrogens (tertiary/aromatic N) is 2. The molecule has 0 fully saturated rings. The van der Waals surface area contributed by atoms with Crippen molar-refractivity contribution in [3.8, 4) is 0 Å². The van der Waals surface area contributed by atoms with Gasteiger partial charge in [0.2, 0.25) is 0 Å². The van der Waals surface area contributed by atoms with Crippen LogP contribution in [-0.2, 0) is 13.0 Å². The normalized spacial score (nSPS) is 10.6. The summed E-state index contributed by atoms with van der Waals surface area (Å²) in [6, 6.07) is 16.7. The zero-order chi connectivity index (χ0) is 19.2. The van der Waals surface area contributed by atoms with Gasteiger partial charge in [-0.1, -0.05) is 48.0 Å². The van der Waals surface area contributed by atoms with Crippen molar-refractivity contribution < 1.29 is 4.39 Å². The largest absolute Gasteiger partial charge is 0.362 e. The van der Waals surface area contributed by atoms with Crippen molar-refractivity contribution >= 4 is 34.7 Å². The van der Waals surface area contributed by atoms with Gasteiger partial charge in [-0.3, -0.25) is 4.68 Å². The monoisotopic (exact) mass is 402 g/mol. The third-order valence-corrected chi connectivity index (χ3v) is 4.73. The molecule has 0 unspecified atom stereocenters. The van der Waals surface area contributed by atoms with Crippen molar-refractivity contribution in [3.05, 3.63) is 82.3 Å². The Labute approximate surface area is 168 Å². The Balaban J connectivity index is 1.57. The fourth-order valence-corrected chi connectivity index (χ4v) is 3.12. The zero-order valence-electron chi connectivity index (χ0n) is 14.9. The highest BCUT2D eigenvalue weighted by molar-refractivity contribution is 7.80. The third-order valence-electron chi connectivity index (χ3n) is 4.13. The van der Waals surface area contributed by atoms with Crippen molar-refractivity contribution in [3.63, 3.8) is 0 Å². The lowest BCUT2D eigenvalue weighted by molar-refractivity contribution is 0.581. The SMILES string of the molecule is Cc1cc(NC(=S)NCCc2ccccc2)nn1Cc1c(F)cccc1Cl. The Morgan fingerprint density at radius 3 is 2.70 bits per heavy atom. The number of anilines is 1. The van der Waals surface area contributed by atoms with Crippen LogP contribution >= 0.6 is 23.8 Å². The molecule has 0 bridgehead atoms. The highest BCUT2D eigenvalue weighted by atomic mass is 35.5. The predicted molar refractivity (Wildman–Crippen MR) is 112 cm³/mol. The molecule has 7 heteroatoms. The van der Waals surface area contributed by atoms with Gasteiger partial charge in [0.25, 0.3) is 0 Å². The fraction of sp³-hybridized carbons (Fsp3) is 0.200. The second-order valence-electron chi connectivity index (χ2n) is 6.15. The van der Waals surface area contributed by atoms with E-state index in [1.54, 1.807) is 16.8 Å². The summed E-state index contributed by atoms with van der Waals surface area (Å²) in [4.78, 5) is 0. The average molecular weight is 403 g/mol. The van der Waals surface area contributed by atoms with Crippen LogP contribution < -0.4 is 10.6 Å². The number of hydrogen-bond acceptors (Lipinski definition) is 2. The topological polar surface area (TPSA) is 41.9 Å². The maximum absolute atomic E-state index is 14.0. The average Bonchev–Trinajstić information content (AvgIpc) is 2.98. The quantitative estimate of drug-likeness (QED) is 0.593. The molecule has 3 rings (SSSR count). The number of hydrogen-bond donors (Lipinski definition) is 2. The van der Waals surface area contributed by atoms with E-state index in [4.69, 9.17) is 23.8 Å². The van der Waals surface area contributed by atoms with Crippen molar-refractivity contribution in [2.24, 2.45) is 0 Å². The highest BCUT2D eigenvalue weighted by Crippen LogP contribution is 2.21. The maximum atomic E-state index is 14.0. The standard InChI is InChI=1S/C20H20ClFN4S/c1-14-12-19(24-20(27)23-11-10-15-6-3-2-4-7-15)25-26(14)13-16-17(21)8-5-9-18(16)22/h2-9,12H,10-11,13H2,1H3,(H2,23,24,25,27). The first-order valence-electron chi connectivity index (χ1n) is 8.59. The molecule has 3 aromatic rings. The van der Waals surface area contributed by atoms with Crippen LogP contribution in [0, 0.1) is 12.7 Å². The minimum atomic E-state index is -0.343.